The van der Waals surface area contributed by atoms with E-state index in [4.69, 9.17) is 13.9 Å². The van der Waals surface area contributed by atoms with Gasteiger partial charge in [0.05, 0.1) is 20.3 Å². The average Bonchev–Trinajstić information content (AvgIpc) is 3.47. The van der Waals surface area contributed by atoms with Gasteiger partial charge in [-0.15, -0.1) is 10.2 Å². The van der Waals surface area contributed by atoms with Crippen LogP contribution in [0.4, 0.5) is 0 Å². The molecule has 0 N–H and O–H groups in total. The predicted molar refractivity (Wildman–Crippen MR) is 116 cm³/mol. The fraction of sp³-hybridized carbons (Fsp3) is 0.375. The van der Waals surface area contributed by atoms with E-state index in [1.165, 1.54) is 5.56 Å². The molecule has 0 radical (unpaired) electrons. The highest BCUT2D eigenvalue weighted by atomic mass is 16.5. The lowest BCUT2D eigenvalue weighted by Gasteiger charge is -2.26. The number of nitrogens with zero attached hydrogens (tertiary/aromatic N) is 3. The summed E-state index contributed by atoms with van der Waals surface area (Å²) in [5.74, 6) is 2.54. The van der Waals surface area contributed by atoms with Crippen molar-refractivity contribution in [1.29, 1.82) is 0 Å². The minimum Gasteiger partial charge on any atom is -0.497 e. The molecule has 0 unspecified atom stereocenters. The molecule has 0 aliphatic carbocycles. The van der Waals surface area contributed by atoms with Crippen LogP contribution in [0, 0.1) is 6.92 Å². The summed E-state index contributed by atoms with van der Waals surface area (Å²) < 4.78 is 16.7. The quantitative estimate of drug-likeness (QED) is 0.564. The van der Waals surface area contributed by atoms with Crippen LogP contribution < -0.4 is 9.47 Å². The zero-order chi connectivity index (χ0) is 21.8. The maximum atomic E-state index is 13.0. The van der Waals surface area contributed by atoms with Gasteiger partial charge in [-0.1, -0.05) is 17.7 Å². The van der Waals surface area contributed by atoms with Crippen molar-refractivity contribution in [3.8, 4) is 23.0 Å². The minimum absolute atomic E-state index is 0.0247. The first-order valence-electron chi connectivity index (χ1n) is 10.5. The Balaban J connectivity index is 1.43. The van der Waals surface area contributed by atoms with Gasteiger partial charge >= 0.3 is 0 Å². The monoisotopic (exact) mass is 421 g/mol. The molecule has 1 saturated heterocycles. The molecule has 3 aromatic rings. The highest BCUT2D eigenvalue weighted by Crippen LogP contribution is 2.39. The van der Waals surface area contributed by atoms with Crippen LogP contribution in [0.2, 0.25) is 0 Å². The maximum absolute atomic E-state index is 13.0. The van der Waals surface area contributed by atoms with E-state index >= 15 is 0 Å². The number of benzene rings is 2. The summed E-state index contributed by atoms with van der Waals surface area (Å²) in [5, 5.41) is 8.24. The van der Waals surface area contributed by atoms with Crippen molar-refractivity contribution in [1.82, 2.24) is 15.1 Å². The van der Waals surface area contributed by atoms with Crippen molar-refractivity contribution >= 4 is 5.91 Å². The van der Waals surface area contributed by atoms with Gasteiger partial charge in [-0.25, -0.2) is 0 Å². The van der Waals surface area contributed by atoms with Crippen LogP contribution in [0.25, 0.3) is 11.5 Å². The maximum Gasteiger partial charge on any atom is 0.247 e. The summed E-state index contributed by atoms with van der Waals surface area (Å²) in [7, 11) is 3.28. The van der Waals surface area contributed by atoms with E-state index < -0.39 is 0 Å². The molecule has 1 atom stereocenters. The second-order valence-electron chi connectivity index (χ2n) is 7.72. The summed E-state index contributed by atoms with van der Waals surface area (Å²) in [6.45, 7) is 2.75. The molecule has 0 saturated carbocycles. The molecule has 1 aliphatic rings. The predicted octanol–water partition coefficient (Wildman–Crippen LogP) is 4.36. The molecule has 1 aromatic heterocycles. The number of aromatic nitrogens is 2. The van der Waals surface area contributed by atoms with Crippen molar-refractivity contribution in [2.24, 2.45) is 0 Å². The van der Waals surface area contributed by atoms with Gasteiger partial charge in [0, 0.05) is 30.5 Å². The first kappa shape index (κ1) is 20.9. The molecular formula is C24H27N3O4. The number of ether oxygens (including phenoxy) is 2. The van der Waals surface area contributed by atoms with Crippen LogP contribution in [-0.4, -0.2) is 41.8 Å². The fourth-order valence-electron chi connectivity index (χ4n) is 4.01. The topological polar surface area (TPSA) is 77.7 Å². The van der Waals surface area contributed by atoms with E-state index in [0.29, 0.717) is 24.6 Å². The van der Waals surface area contributed by atoms with Crippen molar-refractivity contribution in [2.75, 3.05) is 20.8 Å². The number of hydrogen-bond acceptors (Lipinski definition) is 6. The molecule has 0 spiro atoms. The minimum atomic E-state index is -0.0247. The third-order valence-corrected chi connectivity index (χ3v) is 5.69. The van der Waals surface area contributed by atoms with Gasteiger partial charge in [-0.3, -0.25) is 4.79 Å². The molecule has 162 valence electrons. The summed E-state index contributed by atoms with van der Waals surface area (Å²) in [5.41, 5.74) is 3.02. The third-order valence-electron chi connectivity index (χ3n) is 5.69. The lowest BCUT2D eigenvalue weighted by atomic mass is 10.0. The Morgan fingerprint density at radius 3 is 2.68 bits per heavy atom. The van der Waals surface area contributed by atoms with Gasteiger partial charge < -0.3 is 18.8 Å². The van der Waals surface area contributed by atoms with E-state index in [0.717, 1.165) is 42.0 Å². The SMILES string of the molecule is COc1ccc(OC)c([C@H]2CCCN2C(=O)CCc2nnc(-c3ccc(C)cc3)o2)c1. The summed E-state index contributed by atoms with van der Waals surface area (Å²) in [4.78, 5) is 15.0. The number of rotatable bonds is 7. The van der Waals surface area contributed by atoms with Crippen LogP contribution in [-0.2, 0) is 11.2 Å². The van der Waals surface area contributed by atoms with Gasteiger partial charge in [-0.05, 0) is 50.1 Å². The smallest absolute Gasteiger partial charge is 0.247 e. The zero-order valence-electron chi connectivity index (χ0n) is 18.1. The Hall–Kier alpha value is -3.35. The molecule has 7 nitrogen and oxygen atoms in total. The van der Waals surface area contributed by atoms with E-state index in [9.17, 15) is 4.79 Å². The van der Waals surface area contributed by atoms with Crippen LogP contribution in [0.5, 0.6) is 11.5 Å². The van der Waals surface area contributed by atoms with Crippen LogP contribution in [0.3, 0.4) is 0 Å². The van der Waals surface area contributed by atoms with E-state index in [1.807, 2.05) is 54.3 Å². The van der Waals surface area contributed by atoms with Gasteiger partial charge in [0.2, 0.25) is 17.7 Å². The number of likely N-dealkylation sites (tertiary alicyclic amines) is 1. The molecule has 2 heterocycles. The molecule has 1 amide bonds. The Bertz CT molecular complexity index is 1050. The summed E-state index contributed by atoms with van der Waals surface area (Å²) in [6, 6.07) is 13.6. The molecule has 4 rings (SSSR count). The van der Waals surface area contributed by atoms with Gasteiger partial charge in [0.25, 0.3) is 0 Å². The van der Waals surface area contributed by atoms with Crippen molar-refractivity contribution in [2.45, 2.75) is 38.6 Å². The molecule has 1 aliphatic heterocycles. The average molecular weight is 421 g/mol. The van der Waals surface area contributed by atoms with Crippen molar-refractivity contribution in [3.63, 3.8) is 0 Å². The summed E-state index contributed by atoms with van der Waals surface area (Å²) in [6.07, 6.45) is 2.58. The number of hydrogen-bond donors (Lipinski definition) is 0. The largest absolute Gasteiger partial charge is 0.497 e. The Kier molecular flexibility index (Phi) is 6.21. The standard InChI is InChI=1S/C24H27N3O4/c1-16-6-8-17(9-7-16)24-26-25-22(31-24)12-13-23(28)27-14-4-5-20(27)19-15-18(29-2)10-11-21(19)30-3/h6-11,15,20H,4-5,12-14H2,1-3H3/t20-/m1/s1. The molecule has 7 heteroatoms. The number of aryl methyl sites for hydroxylation is 2. The second kappa shape index (κ2) is 9.20. The van der Waals surface area contributed by atoms with E-state index in [1.54, 1.807) is 14.2 Å². The second-order valence-corrected chi connectivity index (χ2v) is 7.72. The van der Waals surface area contributed by atoms with Crippen molar-refractivity contribution < 1.29 is 18.7 Å². The lowest BCUT2D eigenvalue weighted by molar-refractivity contribution is -0.132. The molecular weight excluding hydrogens is 394 g/mol. The zero-order valence-corrected chi connectivity index (χ0v) is 18.1. The van der Waals surface area contributed by atoms with Gasteiger partial charge in [0.15, 0.2) is 0 Å². The summed E-state index contributed by atoms with van der Waals surface area (Å²) >= 11 is 0. The molecule has 2 aromatic carbocycles. The van der Waals surface area contributed by atoms with Gasteiger partial charge in [0.1, 0.15) is 11.5 Å². The normalized spacial score (nSPS) is 15.8. The number of carbonyl (C=O) groups is 1. The Labute approximate surface area is 182 Å². The van der Waals surface area contributed by atoms with Crippen LogP contribution in [0.15, 0.2) is 46.9 Å². The van der Waals surface area contributed by atoms with Crippen molar-refractivity contribution in [3.05, 3.63) is 59.5 Å². The van der Waals surface area contributed by atoms with E-state index in [-0.39, 0.29) is 11.9 Å². The number of amides is 1. The van der Waals surface area contributed by atoms with Gasteiger partial charge in [-0.2, -0.15) is 0 Å². The van der Waals surface area contributed by atoms with Crippen LogP contribution in [0.1, 0.15) is 42.3 Å². The third kappa shape index (κ3) is 4.55. The highest BCUT2D eigenvalue weighted by Gasteiger charge is 2.32. The number of carbonyl (C=O) groups excluding carboxylic acids is 1. The molecule has 31 heavy (non-hydrogen) atoms. The Morgan fingerprint density at radius 1 is 1.13 bits per heavy atom. The fourth-order valence-corrected chi connectivity index (χ4v) is 4.01. The first-order valence-corrected chi connectivity index (χ1v) is 10.5. The Morgan fingerprint density at radius 2 is 1.94 bits per heavy atom. The molecule has 1 fully saturated rings. The highest BCUT2D eigenvalue weighted by molar-refractivity contribution is 5.77. The number of methoxy groups -OCH3 is 2. The lowest BCUT2D eigenvalue weighted by Crippen LogP contribution is -2.31. The first-order chi connectivity index (χ1) is 15.1. The van der Waals surface area contributed by atoms with Crippen LogP contribution >= 0.6 is 0 Å². The van der Waals surface area contributed by atoms with E-state index in [2.05, 4.69) is 10.2 Å². The molecule has 0 bridgehead atoms.